The molecule has 0 radical (unpaired) electrons. The van der Waals surface area contributed by atoms with Crippen LogP contribution < -0.4 is 15.4 Å². The molecule has 0 aliphatic carbocycles. The number of aromatic nitrogens is 2. The minimum absolute atomic E-state index is 0.301. The molecule has 1 aromatic heterocycles. The Morgan fingerprint density at radius 1 is 1.48 bits per heavy atom. The lowest BCUT2D eigenvalue weighted by Gasteiger charge is -2.31. The van der Waals surface area contributed by atoms with E-state index in [1.54, 1.807) is 37.4 Å². The van der Waals surface area contributed by atoms with Gasteiger partial charge in [0, 0.05) is 31.4 Å². The van der Waals surface area contributed by atoms with Gasteiger partial charge in [-0.2, -0.15) is 4.98 Å². The predicted octanol–water partition coefficient (Wildman–Crippen LogP) is 3.22. The third-order valence-corrected chi connectivity index (χ3v) is 5.03. The first kappa shape index (κ1) is 19.7. The highest BCUT2D eigenvalue weighted by atomic mass is 79.9. The summed E-state index contributed by atoms with van der Waals surface area (Å²) >= 11 is 9.84. The van der Waals surface area contributed by atoms with Crippen LogP contribution in [-0.4, -0.2) is 55.1 Å². The lowest BCUT2D eigenvalue weighted by atomic mass is 10.1. The van der Waals surface area contributed by atoms with E-state index in [-0.39, 0.29) is 6.10 Å². The monoisotopic (exact) mass is 455 g/mol. The Hall–Kier alpha value is -2.10. The largest absolute Gasteiger partial charge is 0.496 e. The van der Waals surface area contributed by atoms with E-state index in [2.05, 4.69) is 36.5 Å². The summed E-state index contributed by atoms with van der Waals surface area (Å²) in [5, 5.41) is 6.54. The van der Waals surface area contributed by atoms with Crippen molar-refractivity contribution < 1.29 is 14.3 Å². The highest BCUT2D eigenvalue weighted by molar-refractivity contribution is 9.10. The summed E-state index contributed by atoms with van der Waals surface area (Å²) in [6.07, 6.45) is 2.17. The molecule has 1 fully saturated rings. The van der Waals surface area contributed by atoms with Crippen LogP contribution in [0.15, 0.2) is 22.8 Å². The number of amides is 1. The first-order valence-electron chi connectivity index (χ1n) is 8.21. The number of anilines is 3. The zero-order valence-electron chi connectivity index (χ0n) is 14.8. The Labute approximate surface area is 170 Å². The molecule has 2 aromatic rings. The molecule has 10 heteroatoms. The maximum Gasteiger partial charge on any atom is 0.229 e. The maximum absolute atomic E-state index is 11.1. The molecule has 0 bridgehead atoms. The molecule has 27 heavy (non-hydrogen) atoms. The van der Waals surface area contributed by atoms with E-state index in [0.717, 1.165) is 16.4 Å². The van der Waals surface area contributed by atoms with Crippen LogP contribution in [0.3, 0.4) is 0 Å². The van der Waals surface area contributed by atoms with Crippen molar-refractivity contribution in [3.8, 4) is 5.75 Å². The van der Waals surface area contributed by atoms with E-state index < -0.39 is 0 Å². The summed E-state index contributed by atoms with van der Waals surface area (Å²) in [5.41, 5.74) is 1.39. The van der Waals surface area contributed by atoms with Crippen molar-refractivity contribution in [2.45, 2.75) is 6.10 Å². The molecule has 3 rings (SSSR count). The number of nitrogens with one attached hydrogen (secondary N) is 2. The average molecular weight is 457 g/mol. The topological polar surface area (TPSA) is 88.6 Å². The first-order valence-corrected chi connectivity index (χ1v) is 9.38. The molecule has 1 atom stereocenters. The Kier molecular flexibility index (Phi) is 6.35. The number of rotatable bonds is 6. The molecular weight excluding hydrogens is 438 g/mol. The molecule has 2 N–H and O–H groups in total. The zero-order valence-corrected chi connectivity index (χ0v) is 17.2. The number of morpholine rings is 1. The lowest BCUT2D eigenvalue weighted by molar-refractivity contribution is -0.125. The second kappa shape index (κ2) is 8.73. The SMILES string of the molecule is CNc1nc(Nc2cc(OC)c(C3CN(C=O)CCO3)cc2Cl)ncc1Br. The summed E-state index contributed by atoms with van der Waals surface area (Å²) in [6.45, 7) is 1.48. The van der Waals surface area contributed by atoms with E-state index >= 15 is 0 Å². The lowest BCUT2D eigenvalue weighted by Crippen LogP contribution is -2.37. The highest BCUT2D eigenvalue weighted by Crippen LogP contribution is 2.37. The fourth-order valence-electron chi connectivity index (χ4n) is 2.77. The molecule has 144 valence electrons. The molecule has 1 unspecified atom stereocenters. The second-order valence-electron chi connectivity index (χ2n) is 5.80. The number of ether oxygens (including phenoxy) is 2. The van der Waals surface area contributed by atoms with Crippen LogP contribution in [0.5, 0.6) is 5.75 Å². The quantitative estimate of drug-likeness (QED) is 0.645. The smallest absolute Gasteiger partial charge is 0.229 e. The number of methoxy groups -OCH3 is 1. The minimum atomic E-state index is -0.301. The van der Waals surface area contributed by atoms with Gasteiger partial charge in [-0.05, 0) is 22.0 Å². The number of halogens is 2. The third kappa shape index (κ3) is 4.42. The Morgan fingerprint density at radius 2 is 2.30 bits per heavy atom. The van der Waals surface area contributed by atoms with Gasteiger partial charge in [0.2, 0.25) is 12.4 Å². The van der Waals surface area contributed by atoms with Crippen molar-refractivity contribution in [2.75, 3.05) is 44.5 Å². The molecular formula is C17H19BrClN5O3. The van der Waals surface area contributed by atoms with Gasteiger partial charge < -0.3 is 25.0 Å². The number of benzene rings is 1. The number of carbonyl (C=O) groups excluding carboxylic acids is 1. The van der Waals surface area contributed by atoms with Crippen molar-refractivity contribution in [1.82, 2.24) is 14.9 Å². The average Bonchev–Trinajstić information content (AvgIpc) is 2.70. The van der Waals surface area contributed by atoms with Gasteiger partial charge in [-0.3, -0.25) is 4.79 Å². The Balaban J connectivity index is 1.89. The predicted molar refractivity (Wildman–Crippen MR) is 107 cm³/mol. The number of nitrogens with zero attached hydrogens (tertiary/aromatic N) is 3. The van der Waals surface area contributed by atoms with Gasteiger partial charge in [0.05, 0.1) is 35.4 Å². The molecule has 1 aliphatic heterocycles. The van der Waals surface area contributed by atoms with E-state index in [1.165, 1.54) is 0 Å². The molecule has 1 saturated heterocycles. The molecule has 1 aromatic carbocycles. The second-order valence-corrected chi connectivity index (χ2v) is 7.06. The number of hydrogen-bond donors (Lipinski definition) is 2. The van der Waals surface area contributed by atoms with Crippen molar-refractivity contribution in [2.24, 2.45) is 0 Å². The number of hydrogen-bond acceptors (Lipinski definition) is 7. The highest BCUT2D eigenvalue weighted by Gasteiger charge is 2.25. The number of carbonyl (C=O) groups is 1. The van der Waals surface area contributed by atoms with Crippen LogP contribution >= 0.6 is 27.5 Å². The van der Waals surface area contributed by atoms with E-state index in [1.807, 2.05) is 0 Å². The van der Waals surface area contributed by atoms with Crippen molar-refractivity contribution in [3.63, 3.8) is 0 Å². The van der Waals surface area contributed by atoms with E-state index in [0.29, 0.717) is 47.9 Å². The van der Waals surface area contributed by atoms with Gasteiger partial charge in [0.25, 0.3) is 0 Å². The van der Waals surface area contributed by atoms with Crippen LogP contribution in [0.25, 0.3) is 0 Å². The fraction of sp³-hybridized carbons (Fsp3) is 0.353. The zero-order chi connectivity index (χ0) is 19.4. The molecule has 2 heterocycles. The normalized spacial score (nSPS) is 16.7. The summed E-state index contributed by atoms with van der Waals surface area (Å²) in [4.78, 5) is 21.3. The van der Waals surface area contributed by atoms with Crippen LogP contribution in [0.1, 0.15) is 11.7 Å². The Bertz CT molecular complexity index is 838. The molecule has 1 aliphatic rings. The first-order chi connectivity index (χ1) is 13.0. The van der Waals surface area contributed by atoms with Crippen molar-refractivity contribution in [3.05, 3.63) is 33.4 Å². The third-order valence-electron chi connectivity index (χ3n) is 4.14. The van der Waals surface area contributed by atoms with Crippen molar-refractivity contribution in [1.29, 1.82) is 0 Å². The van der Waals surface area contributed by atoms with Gasteiger partial charge >= 0.3 is 0 Å². The molecule has 0 saturated carbocycles. The summed E-state index contributed by atoms with van der Waals surface area (Å²) in [5.74, 6) is 1.64. The standard InChI is InChI=1S/C17H19BrClN5O3/c1-20-16-11(18)7-21-17(23-16)22-13-6-14(26-2)10(5-12(13)19)15-8-24(9-25)3-4-27-15/h5-7,9,15H,3-4,8H2,1-2H3,(H2,20,21,22,23). The minimum Gasteiger partial charge on any atom is -0.496 e. The van der Waals surface area contributed by atoms with E-state index in [9.17, 15) is 4.79 Å². The van der Waals surface area contributed by atoms with Gasteiger partial charge in [-0.25, -0.2) is 4.98 Å². The summed E-state index contributed by atoms with van der Waals surface area (Å²) < 4.78 is 12.1. The molecule has 1 amide bonds. The van der Waals surface area contributed by atoms with Crippen LogP contribution in [-0.2, 0) is 9.53 Å². The molecule has 0 spiro atoms. The molecule has 8 nitrogen and oxygen atoms in total. The Morgan fingerprint density at radius 3 is 3.00 bits per heavy atom. The van der Waals surface area contributed by atoms with Gasteiger partial charge in [-0.15, -0.1) is 0 Å². The van der Waals surface area contributed by atoms with Crippen molar-refractivity contribution >= 4 is 51.4 Å². The van der Waals surface area contributed by atoms with Crippen LogP contribution in [0.4, 0.5) is 17.5 Å². The van der Waals surface area contributed by atoms with Crippen LogP contribution in [0, 0.1) is 0 Å². The summed E-state index contributed by atoms with van der Waals surface area (Å²) in [7, 11) is 3.35. The van der Waals surface area contributed by atoms with Gasteiger partial charge in [-0.1, -0.05) is 11.6 Å². The van der Waals surface area contributed by atoms with E-state index in [4.69, 9.17) is 21.1 Å². The maximum atomic E-state index is 11.1. The van der Waals surface area contributed by atoms with Crippen LogP contribution in [0.2, 0.25) is 5.02 Å². The van der Waals surface area contributed by atoms with Gasteiger partial charge in [0.15, 0.2) is 0 Å². The van der Waals surface area contributed by atoms with Gasteiger partial charge in [0.1, 0.15) is 17.7 Å². The summed E-state index contributed by atoms with van der Waals surface area (Å²) in [6, 6.07) is 3.55. The fourth-order valence-corrected chi connectivity index (χ4v) is 3.38.